The number of nitrogens with two attached hydrogens (primary N) is 1. The molecule has 2 amide bonds. The molecule has 7 nitrogen and oxygen atoms in total. The summed E-state index contributed by atoms with van der Waals surface area (Å²) in [6, 6.07) is 7.64. The van der Waals surface area contributed by atoms with Gasteiger partial charge in [-0.1, -0.05) is 37.5 Å². The summed E-state index contributed by atoms with van der Waals surface area (Å²) in [5.41, 5.74) is 6.91. The van der Waals surface area contributed by atoms with E-state index >= 15 is 0 Å². The van der Waals surface area contributed by atoms with Crippen molar-refractivity contribution in [3.8, 4) is 0 Å². The first-order chi connectivity index (χ1) is 13.6. The summed E-state index contributed by atoms with van der Waals surface area (Å²) in [5, 5.41) is 4.20. The van der Waals surface area contributed by atoms with Crippen molar-refractivity contribution in [3.63, 3.8) is 0 Å². The molecule has 1 fully saturated rings. The predicted molar refractivity (Wildman–Crippen MR) is 109 cm³/mol. The molecule has 8 heteroatoms. The van der Waals surface area contributed by atoms with Crippen molar-refractivity contribution in [2.24, 2.45) is 5.73 Å². The maximum atomic E-state index is 12.9. The zero-order valence-corrected chi connectivity index (χ0v) is 16.2. The fourth-order valence-electron chi connectivity index (χ4n) is 3.60. The summed E-state index contributed by atoms with van der Waals surface area (Å²) in [7, 11) is 0. The molecule has 2 heterocycles. The number of nitrogens with zero attached hydrogens (tertiary/aromatic N) is 1. The first-order valence-electron chi connectivity index (χ1n) is 9.40. The minimum atomic E-state index is -0.689. The van der Waals surface area contributed by atoms with E-state index in [1.165, 1.54) is 38.4 Å². The molecule has 4 N–H and O–H groups in total. The topological polar surface area (TPSA) is 114 Å². The number of primary amides is 1. The van der Waals surface area contributed by atoms with E-state index in [9.17, 15) is 9.59 Å². The van der Waals surface area contributed by atoms with Crippen LogP contribution in [0.1, 0.15) is 58.7 Å². The lowest BCUT2D eigenvalue weighted by Crippen LogP contribution is -2.19. The van der Waals surface area contributed by atoms with Gasteiger partial charge in [-0.25, -0.2) is 4.98 Å². The van der Waals surface area contributed by atoms with Crippen LogP contribution in [0.3, 0.4) is 0 Å². The van der Waals surface area contributed by atoms with Crippen molar-refractivity contribution in [1.29, 1.82) is 0 Å². The Bertz CT molecular complexity index is 1000. The molecule has 0 bridgehead atoms. The summed E-state index contributed by atoms with van der Waals surface area (Å²) >= 11 is 1.88. The third-order valence-corrected chi connectivity index (χ3v) is 6.44. The molecular formula is C20H22N4O3S. The monoisotopic (exact) mass is 398 g/mol. The second-order valence-corrected chi connectivity index (χ2v) is 8.21. The smallest absolute Gasteiger partial charge is 0.292 e. The number of furan rings is 1. The van der Waals surface area contributed by atoms with Gasteiger partial charge in [0.05, 0.1) is 6.33 Å². The number of hydrogen-bond donors (Lipinski definition) is 3. The zero-order chi connectivity index (χ0) is 19.5. The van der Waals surface area contributed by atoms with E-state index in [4.69, 9.17) is 10.2 Å². The molecule has 1 aliphatic rings. The van der Waals surface area contributed by atoms with Crippen LogP contribution >= 0.6 is 11.8 Å². The largest absolute Gasteiger partial charge is 0.451 e. The molecule has 0 spiro atoms. The van der Waals surface area contributed by atoms with E-state index in [1.807, 2.05) is 36.0 Å². The maximum Gasteiger partial charge on any atom is 0.292 e. The Morgan fingerprint density at radius 2 is 2.04 bits per heavy atom. The van der Waals surface area contributed by atoms with Crippen LogP contribution in [0.25, 0.3) is 11.0 Å². The fourth-order valence-corrected chi connectivity index (χ4v) is 4.96. The van der Waals surface area contributed by atoms with Gasteiger partial charge in [-0.3, -0.25) is 9.59 Å². The first kappa shape index (κ1) is 18.6. The summed E-state index contributed by atoms with van der Waals surface area (Å²) < 4.78 is 5.87. The highest BCUT2D eigenvalue weighted by atomic mass is 32.2. The first-order valence-corrected chi connectivity index (χ1v) is 10.4. The van der Waals surface area contributed by atoms with Crippen LogP contribution in [-0.4, -0.2) is 27.0 Å². The number of imidazole rings is 1. The van der Waals surface area contributed by atoms with Crippen LogP contribution in [-0.2, 0) is 5.75 Å². The Kier molecular flexibility index (Phi) is 5.38. The quantitative estimate of drug-likeness (QED) is 0.579. The van der Waals surface area contributed by atoms with E-state index < -0.39 is 11.8 Å². The van der Waals surface area contributed by atoms with Crippen molar-refractivity contribution in [2.45, 2.75) is 43.1 Å². The molecule has 4 rings (SSSR count). The number of carbonyl (C=O) groups excluding carboxylic acids is 2. The minimum absolute atomic E-state index is 0.0580. The number of para-hydroxylation sites is 1. The van der Waals surface area contributed by atoms with Gasteiger partial charge < -0.3 is 20.5 Å². The molecule has 3 aromatic rings. The molecule has 0 radical (unpaired) electrons. The van der Waals surface area contributed by atoms with Gasteiger partial charge in [-0.05, 0) is 18.9 Å². The average molecular weight is 398 g/mol. The molecule has 28 heavy (non-hydrogen) atoms. The molecule has 1 aliphatic carbocycles. The number of benzene rings is 1. The third-order valence-electron chi connectivity index (χ3n) is 5.04. The SMILES string of the molecule is NC(=O)c1[nH]cnc1NC(=O)c1oc2ccccc2c1CSC1CCCCC1. The van der Waals surface area contributed by atoms with Crippen LogP contribution in [0.2, 0.25) is 0 Å². The van der Waals surface area contributed by atoms with E-state index in [-0.39, 0.29) is 17.3 Å². The Labute approximate surface area is 166 Å². The van der Waals surface area contributed by atoms with Crippen molar-refractivity contribution in [3.05, 3.63) is 47.6 Å². The number of fused-ring (bicyclic) bond motifs is 1. The molecule has 1 saturated carbocycles. The van der Waals surface area contributed by atoms with Gasteiger partial charge in [-0.15, -0.1) is 0 Å². The van der Waals surface area contributed by atoms with Gasteiger partial charge in [-0.2, -0.15) is 11.8 Å². The standard InChI is InChI=1S/C20H22N4O3S/c21-18(25)16-19(23-11-22-16)24-20(26)17-14(10-28-12-6-2-1-3-7-12)13-8-4-5-9-15(13)27-17/h4-5,8-9,11-12H,1-3,6-7,10H2,(H2,21,25)(H,22,23)(H,24,26). The predicted octanol–water partition coefficient (Wildman–Crippen LogP) is 4.07. The molecule has 1 aromatic carbocycles. The maximum absolute atomic E-state index is 12.9. The van der Waals surface area contributed by atoms with Crippen LogP contribution in [0.5, 0.6) is 0 Å². The number of aromatic amines is 1. The fraction of sp³-hybridized carbons (Fsp3) is 0.350. The second kappa shape index (κ2) is 8.10. The number of aromatic nitrogens is 2. The van der Waals surface area contributed by atoms with Crippen LogP contribution in [0.15, 0.2) is 35.0 Å². The van der Waals surface area contributed by atoms with Crippen molar-refractivity contribution >= 4 is 40.4 Å². The summed E-state index contributed by atoms with van der Waals surface area (Å²) in [4.78, 5) is 31.0. The number of carbonyl (C=O) groups is 2. The van der Waals surface area contributed by atoms with E-state index in [2.05, 4.69) is 15.3 Å². The van der Waals surface area contributed by atoms with Crippen molar-refractivity contribution in [1.82, 2.24) is 9.97 Å². The number of nitrogens with one attached hydrogen (secondary N) is 2. The molecular weight excluding hydrogens is 376 g/mol. The van der Waals surface area contributed by atoms with E-state index in [0.717, 1.165) is 10.9 Å². The number of hydrogen-bond acceptors (Lipinski definition) is 5. The number of H-pyrrole nitrogens is 1. The Morgan fingerprint density at radius 3 is 2.82 bits per heavy atom. The third kappa shape index (κ3) is 3.77. The highest BCUT2D eigenvalue weighted by molar-refractivity contribution is 7.99. The summed E-state index contributed by atoms with van der Waals surface area (Å²) in [5.74, 6) is -0.0736. The van der Waals surface area contributed by atoms with Crippen LogP contribution in [0.4, 0.5) is 5.82 Å². The number of amides is 2. The van der Waals surface area contributed by atoms with E-state index in [1.54, 1.807) is 0 Å². The van der Waals surface area contributed by atoms with Gasteiger partial charge in [0.1, 0.15) is 11.3 Å². The molecule has 0 atom stereocenters. The zero-order valence-electron chi connectivity index (χ0n) is 15.4. The second-order valence-electron chi connectivity index (χ2n) is 6.92. The average Bonchev–Trinajstić information content (AvgIpc) is 3.31. The highest BCUT2D eigenvalue weighted by Crippen LogP contribution is 2.35. The Balaban J connectivity index is 1.60. The molecule has 2 aromatic heterocycles. The Hall–Kier alpha value is -2.74. The molecule has 0 unspecified atom stereocenters. The number of thioether (sulfide) groups is 1. The summed E-state index contributed by atoms with van der Waals surface area (Å²) in [6.07, 6.45) is 7.60. The summed E-state index contributed by atoms with van der Waals surface area (Å²) in [6.45, 7) is 0. The van der Waals surface area contributed by atoms with Crippen LogP contribution in [0, 0.1) is 0 Å². The van der Waals surface area contributed by atoms with Gasteiger partial charge in [0.25, 0.3) is 11.8 Å². The minimum Gasteiger partial charge on any atom is -0.451 e. The van der Waals surface area contributed by atoms with Crippen LogP contribution < -0.4 is 11.1 Å². The van der Waals surface area contributed by atoms with Crippen molar-refractivity contribution < 1.29 is 14.0 Å². The molecule has 146 valence electrons. The normalized spacial score (nSPS) is 15.0. The highest BCUT2D eigenvalue weighted by Gasteiger charge is 2.24. The lowest BCUT2D eigenvalue weighted by atomic mass is 10.0. The van der Waals surface area contributed by atoms with Gasteiger partial charge in [0.15, 0.2) is 11.6 Å². The molecule has 0 saturated heterocycles. The Morgan fingerprint density at radius 1 is 1.25 bits per heavy atom. The lowest BCUT2D eigenvalue weighted by molar-refractivity contribution is 0.0997. The number of rotatable bonds is 6. The molecule has 0 aliphatic heterocycles. The van der Waals surface area contributed by atoms with Gasteiger partial charge in [0.2, 0.25) is 0 Å². The van der Waals surface area contributed by atoms with E-state index in [0.29, 0.717) is 16.6 Å². The van der Waals surface area contributed by atoms with Gasteiger partial charge >= 0.3 is 0 Å². The lowest BCUT2D eigenvalue weighted by Gasteiger charge is -2.20. The van der Waals surface area contributed by atoms with Crippen molar-refractivity contribution in [2.75, 3.05) is 5.32 Å². The van der Waals surface area contributed by atoms with Gasteiger partial charge in [0, 0.05) is 22.0 Å². The number of anilines is 1.